The maximum Gasteiger partial charge on any atom is 0.214 e. The normalized spacial score (nSPS) is 15.1. The highest BCUT2D eigenvalue weighted by Gasteiger charge is 2.24. The first-order valence-corrected chi connectivity index (χ1v) is 8.87. The summed E-state index contributed by atoms with van der Waals surface area (Å²) in [7, 11) is 0. The van der Waals surface area contributed by atoms with E-state index in [1.54, 1.807) is 22.8 Å². The van der Waals surface area contributed by atoms with E-state index in [4.69, 9.17) is 0 Å². The first-order chi connectivity index (χ1) is 10.3. The number of hydrogen-bond acceptors (Lipinski definition) is 6. The number of aliphatic hydroxyl groups is 1. The Morgan fingerprint density at radius 3 is 2.68 bits per heavy atom. The molecule has 0 saturated heterocycles. The smallest absolute Gasteiger partial charge is 0.214 e. The molecule has 7 heteroatoms. The van der Waals surface area contributed by atoms with Crippen molar-refractivity contribution in [3.05, 3.63) is 34.3 Å². The van der Waals surface area contributed by atoms with Gasteiger partial charge in [-0.15, -0.1) is 5.10 Å². The molecule has 0 amide bonds. The minimum absolute atomic E-state index is 0.0175. The second-order valence-electron chi connectivity index (χ2n) is 6.65. The first kappa shape index (κ1) is 15.5. The van der Waals surface area contributed by atoms with Crippen LogP contribution in [0.4, 0.5) is 5.13 Å². The maximum absolute atomic E-state index is 10.5. The van der Waals surface area contributed by atoms with Gasteiger partial charge < -0.3 is 10.4 Å². The predicted octanol–water partition coefficient (Wildman–Crippen LogP) is 3.47. The summed E-state index contributed by atoms with van der Waals surface area (Å²) in [6.45, 7) is 8.62. The van der Waals surface area contributed by atoms with E-state index < -0.39 is 5.60 Å². The average molecular weight is 336 g/mol. The zero-order valence-corrected chi connectivity index (χ0v) is 14.8. The second-order valence-corrected chi connectivity index (χ2v) is 8.39. The molecule has 0 aliphatic carbocycles. The van der Waals surface area contributed by atoms with Crippen LogP contribution in [0.5, 0.6) is 0 Å². The van der Waals surface area contributed by atoms with Crippen LogP contribution < -0.4 is 5.32 Å². The van der Waals surface area contributed by atoms with Crippen molar-refractivity contribution in [1.29, 1.82) is 0 Å². The lowest BCUT2D eigenvalue weighted by Gasteiger charge is -2.22. The molecule has 0 radical (unpaired) electrons. The summed E-state index contributed by atoms with van der Waals surface area (Å²) < 4.78 is 1.80. The summed E-state index contributed by atoms with van der Waals surface area (Å²) in [5, 5.41) is 22.9. The number of nitrogens with zero attached hydrogens (tertiary/aromatic N) is 3. The van der Waals surface area contributed by atoms with Crippen LogP contribution in [0.15, 0.2) is 23.0 Å². The fraction of sp³-hybridized carbons (Fsp3) is 0.467. The van der Waals surface area contributed by atoms with Gasteiger partial charge in [0.15, 0.2) is 0 Å². The number of nitrogens with one attached hydrogen (secondary N) is 1. The quantitative estimate of drug-likeness (QED) is 0.766. The molecule has 1 unspecified atom stereocenters. The standard InChI is InChI=1S/C15H20N4OS2/c1-14(2,3)11-7-19-13(17-11)22-12(18-19)16-9-15(4,20)10-5-6-21-8-10/h5-8,20H,9H2,1-4H3,(H,16,18). The Bertz CT molecular complexity index is 734. The lowest BCUT2D eigenvalue weighted by atomic mass is 9.93. The lowest BCUT2D eigenvalue weighted by Crippen LogP contribution is -2.30. The van der Waals surface area contributed by atoms with Crippen LogP contribution in [-0.4, -0.2) is 26.2 Å². The number of thiophene rings is 1. The number of imidazole rings is 1. The topological polar surface area (TPSA) is 62.5 Å². The van der Waals surface area contributed by atoms with Crippen molar-refractivity contribution in [3.63, 3.8) is 0 Å². The van der Waals surface area contributed by atoms with Crippen LogP contribution in [0.1, 0.15) is 39.0 Å². The number of hydrogen-bond donors (Lipinski definition) is 2. The molecule has 3 aromatic heterocycles. The lowest BCUT2D eigenvalue weighted by molar-refractivity contribution is 0.0720. The van der Waals surface area contributed by atoms with E-state index in [-0.39, 0.29) is 5.41 Å². The van der Waals surface area contributed by atoms with E-state index in [0.717, 1.165) is 21.3 Å². The Balaban J connectivity index is 1.74. The molecule has 3 heterocycles. The molecule has 1 atom stereocenters. The van der Waals surface area contributed by atoms with E-state index in [1.165, 1.54) is 11.3 Å². The summed E-state index contributed by atoms with van der Waals surface area (Å²) >= 11 is 3.08. The molecule has 0 saturated carbocycles. The molecule has 0 fully saturated rings. The molecular weight excluding hydrogens is 316 g/mol. The predicted molar refractivity (Wildman–Crippen MR) is 91.9 cm³/mol. The van der Waals surface area contributed by atoms with Gasteiger partial charge in [-0.3, -0.25) is 0 Å². The third-order valence-electron chi connectivity index (χ3n) is 3.54. The van der Waals surface area contributed by atoms with Crippen LogP contribution in [0, 0.1) is 0 Å². The summed E-state index contributed by atoms with van der Waals surface area (Å²) in [6.07, 6.45) is 1.97. The molecule has 2 N–H and O–H groups in total. The van der Waals surface area contributed by atoms with Crippen molar-refractivity contribution < 1.29 is 5.11 Å². The zero-order valence-electron chi connectivity index (χ0n) is 13.1. The summed E-state index contributed by atoms with van der Waals surface area (Å²) in [6, 6.07) is 1.94. The van der Waals surface area contributed by atoms with Gasteiger partial charge in [0.2, 0.25) is 10.1 Å². The third-order valence-corrected chi connectivity index (χ3v) is 5.10. The summed E-state index contributed by atoms with van der Waals surface area (Å²) in [4.78, 5) is 5.48. The van der Waals surface area contributed by atoms with E-state index in [0.29, 0.717) is 6.54 Å². The molecule has 0 aliphatic heterocycles. The highest BCUT2D eigenvalue weighted by molar-refractivity contribution is 7.20. The van der Waals surface area contributed by atoms with Crippen molar-refractivity contribution in [2.24, 2.45) is 0 Å². The number of anilines is 1. The van der Waals surface area contributed by atoms with Gasteiger partial charge in [0.25, 0.3) is 0 Å². The molecule has 0 bridgehead atoms. The Morgan fingerprint density at radius 1 is 1.32 bits per heavy atom. The SMILES string of the molecule is CC(C)(C)c1cn2nc(NCC(C)(O)c3ccsc3)sc2n1. The molecule has 0 spiro atoms. The van der Waals surface area contributed by atoms with Crippen LogP contribution in [0.25, 0.3) is 4.96 Å². The third kappa shape index (κ3) is 3.02. The van der Waals surface area contributed by atoms with Crippen LogP contribution in [0.2, 0.25) is 0 Å². The van der Waals surface area contributed by atoms with Gasteiger partial charge in [-0.05, 0) is 29.3 Å². The number of aromatic nitrogens is 3. The highest BCUT2D eigenvalue weighted by atomic mass is 32.1. The molecular formula is C15H20N4OS2. The van der Waals surface area contributed by atoms with Gasteiger partial charge in [0, 0.05) is 12.0 Å². The van der Waals surface area contributed by atoms with Crippen molar-refractivity contribution in [3.8, 4) is 0 Å². The van der Waals surface area contributed by atoms with Gasteiger partial charge in [-0.2, -0.15) is 11.3 Å². The molecule has 5 nitrogen and oxygen atoms in total. The Morgan fingerprint density at radius 2 is 2.09 bits per heavy atom. The van der Waals surface area contributed by atoms with E-state index >= 15 is 0 Å². The second kappa shape index (κ2) is 5.33. The summed E-state index contributed by atoms with van der Waals surface area (Å²) in [5.74, 6) is 0. The summed E-state index contributed by atoms with van der Waals surface area (Å²) in [5.41, 5.74) is 1.05. The van der Waals surface area contributed by atoms with Crippen molar-refractivity contribution in [1.82, 2.24) is 14.6 Å². The minimum atomic E-state index is -0.912. The maximum atomic E-state index is 10.5. The highest BCUT2D eigenvalue weighted by Crippen LogP contribution is 2.27. The Labute approximate surface area is 137 Å². The monoisotopic (exact) mass is 336 g/mol. The van der Waals surface area contributed by atoms with Gasteiger partial charge in [0.1, 0.15) is 5.60 Å². The molecule has 0 aliphatic rings. The first-order valence-electron chi connectivity index (χ1n) is 7.11. The molecule has 3 aromatic rings. The molecule has 118 valence electrons. The molecule has 22 heavy (non-hydrogen) atoms. The Kier molecular flexibility index (Phi) is 3.74. The zero-order chi connectivity index (χ0) is 16.0. The largest absolute Gasteiger partial charge is 0.384 e. The van der Waals surface area contributed by atoms with Crippen molar-refractivity contribution >= 4 is 32.8 Å². The van der Waals surface area contributed by atoms with E-state index in [2.05, 4.69) is 36.2 Å². The Hall–Kier alpha value is -1.44. The van der Waals surface area contributed by atoms with Gasteiger partial charge in [-0.1, -0.05) is 32.1 Å². The van der Waals surface area contributed by atoms with Crippen LogP contribution >= 0.6 is 22.7 Å². The number of rotatable bonds is 4. The van der Waals surface area contributed by atoms with Crippen LogP contribution in [-0.2, 0) is 11.0 Å². The average Bonchev–Trinajstić information content (AvgIpc) is 3.10. The van der Waals surface area contributed by atoms with Crippen LogP contribution in [0.3, 0.4) is 0 Å². The van der Waals surface area contributed by atoms with Gasteiger partial charge in [-0.25, -0.2) is 9.50 Å². The van der Waals surface area contributed by atoms with E-state index in [1.807, 2.05) is 23.0 Å². The van der Waals surface area contributed by atoms with Gasteiger partial charge in [0.05, 0.1) is 11.9 Å². The molecule has 0 aromatic carbocycles. The number of fused-ring (bicyclic) bond motifs is 1. The van der Waals surface area contributed by atoms with E-state index in [9.17, 15) is 5.11 Å². The fourth-order valence-electron chi connectivity index (χ4n) is 2.05. The van der Waals surface area contributed by atoms with Crippen molar-refractivity contribution in [2.45, 2.75) is 38.7 Å². The van der Waals surface area contributed by atoms with Gasteiger partial charge >= 0.3 is 0 Å². The minimum Gasteiger partial charge on any atom is -0.384 e. The molecule has 3 rings (SSSR count). The fourth-order valence-corrected chi connectivity index (χ4v) is 3.61. The van der Waals surface area contributed by atoms with Crippen molar-refractivity contribution in [2.75, 3.05) is 11.9 Å².